The fourth-order valence-electron chi connectivity index (χ4n) is 2.66. The number of aromatic hydroxyl groups is 1. The van der Waals surface area contributed by atoms with E-state index >= 15 is 0 Å². The number of nitrogens with zero attached hydrogens (tertiary/aromatic N) is 1. The van der Waals surface area contributed by atoms with E-state index in [1.807, 2.05) is 38.1 Å². The van der Waals surface area contributed by atoms with Gasteiger partial charge in [-0.15, -0.1) is 6.58 Å². The Morgan fingerprint density at radius 3 is 2.53 bits per heavy atom. The molecule has 3 N–H and O–H groups in total. The van der Waals surface area contributed by atoms with Crippen LogP contribution in [-0.2, 0) is 16.0 Å². The fraction of sp³-hybridized carbons (Fsp3) is 0.261. The highest BCUT2D eigenvalue weighted by molar-refractivity contribution is 5.93. The zero-order valence-corrected chi connectivity index (χ0v) is 17.3. The number of rotatable bonds is 10. The molecule has 2 amide bonds. The zero-order valence-electron chi connectivity index (χ0n) is 17.3. The van der Waals surface area contributed by atoms with E-state index in [9.17, 15) is 14.7 Å². The highest BCUT2D eigenvalue weighted by Gasteiger charge is 2.10. The number of carbonyl (C=O) groups is 2. The van der Waals surface area contributed by atoms with Gasteiger partial charge < -0.3 is 15.2 Å². The zero-order chi connectivity index (χ0) is 21.9. The van der Waals surface area contributed by atoms with E-state index in [0.717, 1.165) is 5.56 Å². The van der Waals surface area contributed by atoms with Gasteiger partial charge in [0, 0.05) is 24.1 Å². The number of phenols is 1. The fourth-order valence-corrected chi connectivity index (χ4v) is 2.66. The highest BCUT2D eigenvalue weighted by atomic mass is 16.5. The molecular weight excluding hydrogens is 382 g/mol. The summed E-state index contributed by atoms with van der Waals surface area (Å²) in [5.74, 6) is -0.206. The summed E-state index contributed by atoms with van der Waals surface area (Å²) in [7, 11) is 0. The maximum absolute atomic E-state index is 12.0. The van der Waals surface area contributed by atoms with Gasteiger partial charge in [0.1, 0.15) is 0 Å². The number of amides is 2. The third-order valence-corrected chi connectivity index (χ3v) is 4.16. The average molecular weight is 409 g/mol. The second-order valence-electron chi connectivity index (χ2n) is 6.66. The largest absolute Gasteiger partial charge is 0.504 e. The Bertz CT molecular complexity index is 921. The third kappa shape index (κ3) is 7.09. The first kappa shape index (κ1) is 22.7. The Morgan fingerprint density at radius 1 is 1.17 bits per heavy atom. The lowest BCUT2D eigenvalue weighted by atomic mass is 10.1. The summed E-state index contributed by atoms with van der Waals surface area (Å²) >= 11 is 0. The molecule has 2 rings (SSSR count). The van der Waals surface area contributed by atoms with Gasteiger partial charge in [0.05, 0.1) is 12.8 Å². The van der Waals surface area contributed by atoms with Crippen molar-refractivity contribution in [3.8, 4) is 11.5 Å². The summed E-state index contributed by atoms with van der Waals surface area (Å²) in [6.45, 7) is 7.87. The molecule has 2 aromatic rings. The van der Waals surface area contributed by atoms with Crippen molar-refractivity contribution < 1.29 is 19.4 Å². The quantitative estimate of drug-likeness (QED) is 0.316. The number of carbonyl (C=O) groups excluding carboxylic acids is 2. The van der Waals surface area contributed by atoms with E-state index in [1.165, 1.54) is 6.21 Å². The Kier molecular flexibility index (Phi) is 8.62. The smallest absolute Gasteiger partial charge is 0.240 e. The van der Waals surface area contributed by atoms with Crippen molar-refractivity contribution in [1.82, 2.24) is 5.43 Å². The molecule has 158 valence electrons. The lowest BCUT2D eigenvalue weighted by molar-refractivity contribution is -0.124. The van der Waals surface area contributed by atoms with Crippen molar-refractivity contribution in [2.24, 2.45) is 5.10 Å². The molecule has 0 saturated carbocycles. The number of anilines is 1. The molecule has 0 fully saturated rings. The van der Waals surface area contributed by atoms with Crippen LogP contribution >= 0.6 is 0 Å². The second kappa shape index (κ2) is 11.4. The van der Waals surface area contributed by atoms with Gasteiger partial charge in [-0.25, -0.2) is 5.43 Å². The molecule has 0 aromatic heterocycles. The Hall–Kier alpha value is -3.61. The van der Waals surface area contributed by atoms with Gasteiger partial charge >= 0.3 is 0 Å². The number of hydrogen-bond acceptors (Lipinski definition) is 5. The first-order valence-corrected chi connectivity index (χ1v) is 9.71. The maximum atomic E-state index is 12.0. The van der Waals surface area contributed by atoms with Crippen LogP contribution < -0.4 is 15.5 Å². The van der Waals surface area contributed by atoms with Crippen molar-refractivity contribution in [3.63, 3.8) is 0 Å². The van der Waals surface area contributed by atoms with E-state index in [0.29, 0.717) is 35.6 Å². The summed E-state index contributed by atoms with van der Waals surface area (Å²) in [6, 6.07) is 10.8. The molecule has 30 heavy (non-hydrogen) atoms. The van der Waals surface area contributed by atoms with Crippen LogP contribution in [0.3, 0.4) is 0 Å². The predicted octanol–water partition coefficient (Wildman–Crippen LogP) is 3.70. The van der Waals surface area contributed by atoms with E-state index < -0.39 is 0 Å². The minimum Gasteiger partial charge on any atom is -0.504 e. The van der Waals surface area contributed by atoms with Crippen molar-refractivity contribution in [2.75, 3.05) is 11.9 Å². The van der Waals surface area contributed by atoms with Crippen LogP contribution in [0.25, 0.3) is 0 Å². The van der Waals surface area contributed by atoms with E-state index in [-0.39, 0.29) is 30.4 Å². The van der Waals surface area contributed by atoms with Crippen molar-refractivity contribution in [1.29, 1.82) is 0 Å². The first-order valence-electron chi connectivity index (χ1n) is 9.71. The number of nitrogens with one attached hydrogen (secondary N) is 2. The summed E-state index contributed by atoms with van der Waals surface area (Å²) in [5, 5.41) is 16.9. The summed E-state index contributed by atoms with van der Waals surface area (Å²) in [4.78, 5) is 23.9. The molecule has 2 aromatic carbocycles. The van der Waals surface area contributed by atoms with Crippen LogP contribution in [0.1, 0.15) is 36.5 Å². The molecular formula is C23H27N3O4. The predicted molar refractivity (Wildman–Crippen MR) is 118 cm³/mol. The van der Waals surface area contributed by atoms with Gasteiger partial charge in [-0.05, 0) is 50.1 Å². The topological polar surface area (TPSA) is 100 Å². The van der Waals surface area contributed by atoms with Crippen LogP contribution in [0.5, 0.6) is 11.5 Å². The summed E-state index contributed by atoms with van der Waals surface area (Å²) < 4.78 is 5.43. The number of allylic oxidation sites excluding steroid dienone is 1. The summed E-state index contributed by atoms with van der Waals surface area (Å²) in [6.07, 6.45) is 3.66. The SMILES string of the molecule is C=CCc1cc(/C=N/NC(=O)CCC(=O)Nc2ccc(C)cc2)cc(OCC)c1O. The molecule has 0 radical (unpaired) electrons. The Labute approximate surface area is 176 Å². The van der Waals surface area contributed by atoms with Gasteiger partial charge in [-0.3, -0.25) is 9.59 Å². The maximum Gasteiger partial charge on any atom is 0.240 e. The number of hydrogen-bond donors (Lipinski definition) is 3. The van der Waals surface area contributed by atoms with E-state index in [2.05, 4.69) is 22.4 Å². The minimum absolute atomic E-state index is 0.0104. The molecule has 0 bridgehead atoms. The molecule has 0 aliphatic rings. The van der Waals surface area contributed by atoms with Gasteiger partial charge in [-0.2, -0.15) is 5.10 Å². The summed E-state index contributed by atoms with van der Waals surface area (Å²) in [5.41, 5.74) is 5.50. The monoisotopic (exact) mass is 409 g/mol. The number of hydrazone groups is 1. The molecule has 0 atom stereocenters. The van der Waals surface area contributed by atoms with Gasteiger partial charge in [0.25, 0.3) is 0 Å². The number of benzene rings is 2. The lowest BCUT2D eigenvalue weighted by Crippen LogP contribution is -2.20. The van der Waals surface area contributed by atoms with Crippen LogP contribution in [0.4, 0.5) is 5.69 Å². The van der Waals surface area contributed by atoms with Gasteiger partial charge in [0.2, 0.25) is 11.8 Å². The Balaban J connectivity index is 1.88. The molecule has 0 unspecified atom stereocenters. The average Bonchev–Trinajstić information content (AvgIpc) is 2.72. The van der Waals surface area contributed by atoms with Crippen LogP contribution in [0.15, 0.2) is 54.2 Å². The minimum atomic E-state index is -0.375. The Morgan fingerprint density at radius 2 is 1.87 bits per heavy atom. The second-order valence-corrected chi connectivity index (χ2v) is 6.66. The molecule has 0 saturated heterocycles. The molecule has 7 nitrogen and oxygen atoms in total. The lowest BCUT2D eigenvalue weighted by Gasteiger charge is -2.10. The number of aryl methyl sites for hydroxylation is 1. The highest BCUT2D eigenvalue weighted by Crippen LogP contribution is 2.31. The van der Waals surface area contributed by atoms with Crippen LogP contribution in [0, 0.1) is 6.92 Å². The number of phenolic OH excluding ortho intramolecular Hbond substituents is 1. The molecule has 0 spiro atoms. The first-order chi connectivity index (χ1) is 14.4. The normalized spacial score (nSPS) is 10.6. The van der Waals surface area contributed by atoms with Crippen LogP contribution in [-0.4, -0.2) is 29.7 Å². The number of ether oxygens (including phenoxy) is 1. The van der Waals surface area contributed by atoms with Crippen molar-refractivity contribution >= 4 is 23.7 Å². The van der Waals surface area contributed by atoms with E-state index in [1.54, 1.807) is 18.2 Å². The third-order valence-electron chi connectivity index (χ3n) is 4.16. The van der Waals surface area contributed by atoms with Gasteiger partial charge in [0.15, 0.2) is 11.5 Å². The molecule has 0 heterocycles. The van der Waals surface area contributed by atoms with E-state index in [4.69, 9.17) is 4.74 Å². The van der Waals surface area contributed by atoms with Gasteiger partial charge in [-0.1, -0.05) is 23.8 Å². The van der Waals surface area contributed by atoms with Crippen LogP contribution in [0.2, 0.25) is 0 Å². The van der Waals surface area contributed by atoms with Crippen molar-refractivity contribution in [3.05, 3.63) is 65.7 Å². The molecule has 7 heteroatoms. The molecule has 0 aliphatic carbocycles. The van der Waals surface area contributed by atoms with Crippen molar-refractivity contribution in [2.45, 2.75) is 33.1 Å². The standard InChI is InChI=1S/C23H27N3O4/c1-4-6-18-13-17(14-20(23(18)29)30-5-2)15-24-26-22(28)12-11-21(27)25-19-9-7-16(3)8-10-19/h4,7-10,13-15,29H,1,5-6,11-12H2,2-3H3,(H,25,27)(H,26,28)/b24-15+. The molecule has 0 aliphatic heterocycles.